The lowest BCUT2D eigenvalue weighted by Gasteiger charge is -2.22. The Morgan fingerprint density at radius 1 is 0.311 bits per heavy atom. The van der Waals surface area contributed by atoms with Crippen LogP contribution in [-0.2, 0) is 5.41 Å². The maximum absolute atomic E-state index is 5.38. The number of hydrogen-bond donors (Lipinski definition) is 0. The fraction of sp³-hybridized carbons (Fsp3) is 0.0508. The molecule has 0 atom stereocenters. The van der Waals surface area contributed by atoms with Crippen LogP contribution in [0, 0.1) is 0 Å². The van der Waals surface area contributed by atoms with Gasteiger partial charge in [-0.15, -0.1) is 0 Å². The Labute approximate surface area is 355 Å². The number of nitrogens with zero attached hydrogens (tertiary/aromatic N) is 2. The van der Waals surface area contributed by atoms with Gasteiger partial charge in [0.05, 0.1) is 11.4 Å². The minimum absolute atomic E-state index is 0.0984. The smallest absolute Gasteiger partial charge is 0.160 e. The van der Waals surface area contributed by atoms with E-state index in [2.05, 4.69) is 214 Å². The van der Waals surface area contributed by atoms with E-state index in [1.165, 1.54) is 76.6 Å². The zero-order valence-electron chi connectivity index (χ0n) is 34.0. The second kappa shape index (κ2) is 13.7. The Bertz CT molecular complexity index is 3560. The van der Waals surface area contributed by atoms with Crippen molar-refractivity contribution < 1.29 is 0 Å². The Morgan fingerprint density at radius 3 is 1.69 bits per heavy atom. The number of benzene rings is 10. The summed E-state index contributed by atoms with van der Waals surface area (Å²) in [6.45, 7) is 4.69. The third kappa shape index (κ3) is 5.49. The van der Waals surface area contributed by atoms with Gasteiger partial charge in [-0.3, -0.25) is 0 Å². The van der Waals surface area contributed by atoms with Gasteiger partial charge >= 0.3 is 0 Å². The van der Waals surface area contributed by atoms with E-state index in [0.717, 1.165) is 39.0 Å². The highest BCUT2D eigenvalue weighted by atomic mass is 14.9. The molecule has 0 fully saturated rings. The van der Waals surface area contributed by atoms with Crippen LogP contribution in [0.5, 0.6) is 0 Å². The van der Waals surface area contributed by atoms with Crippen LogP contribution >= 0.6 is 0 Å². The first-order chi connectivity index (χ1) is 30.0. The van der Waals surface area contributed by atoms with Gasteiger partial charge in [0.25, 0.3) is 0 Å². The topological polar surface area (TPSA) is 25.8 Å². The summed E-state index contributed by atoms with van der Waals surface area (Å²) < 4.78 is 0. The normalized spacial score (nSPS) is 12.9. The van der Waals surface area contributed by atoms with Gasteiger partial charge in [-0.2, -0.15) is 0 Å². The number of fused-ring (bicyclic) bond motifs is 8. The maximum Gasteiger partial charge on any atom is 0.160 e. The lowest BCUT2D eigenvalue weighted by molar-refractivity contribution is 0.660. The second-order valence-electron chi connectivity index (χ2n) is 16.8. The summed E-state index contributed by atoms with van der Waals surface area (Å²) in [5, 5.41) is 9.85. The van der Waals surface area contributed by atoms with E-state index in [0.29, 0.717) is 5.82 Å². The van der Waals surface area contributed by atoms with E-state index in [1.54, 1.807) is 0 Å². The van der Waals surface area contributed by atoms with Gasteiger partial charge in [0.1, 0.15) is 0 Å². The van der Waals surface area contributed by atoms with Gasteiger partial charge in [0.15, 0.2) is 5.82 Å². The molecule has 1 aromatic heterocycles. The molecule has 0 saturated heterocycles. The highest BCUT2D eigenvalue weighted by molar-refractivity contribution is 6.23. The first-order valence-corrected chi connectivity index (χ1v) is 21.2. The fourth-order valence-electron chi connectivity index (χ4n) is 10.2. The first kappa shape index (κ1) is 35.3. The minimum Gasteiger partial charge on any atom is -0.228 e. The van der Waals surface area contributed by atoms with Crippen LogP contribution in [0.2, 0.25) is 0 Å². The molecular formula is C59H40N2. The largest absolute Gasteiger partial charge is 0.228 e. The minimum atomic E-state index is -0.0984. The first-order valence-electron chi connectivity index (χ1n) is 21.2. The number of hydrogen-bond acceptors (Lipinski definition) is 2. The monoisotopic (exact) mass is 776 g/mol. The molecule has 0 bridgehead atoms. The number of rotatable bonds is 5. The molecule has 2 heteroatoms. The van der Waals surface area contributed by atoms with Crippen molar-refractivity contribution in [1.29, 1.82) is 0 Å². The summed E-state index contributed by atoms with van der Waals surface area (Å²) in [7, 11) is 0. The molecule has 2 nitrogen and oxygen atoms in total. The van der Waals surface area contributed by atoms with Crippen LogP contribution in [0.4, 0.5) is 0 Å². The molecule has 1 aliphatic rings. The van der Waals surface area contributed by atoms with E-state index < -0.39 is 0 Å². The third-order valence-corrected chi connectivity index (χ3v) is 13.1. The van der Waals surface area contributed by atoms with Crippen LogP contribution in [0.3, 0.4) is 0 Å². The molecular weight excluding hydrogens is 737 g/mol. The third-order valence-electron chi connectivity index (χ3n) is 13.1. The summed E-state index contributed by atoms with van der Waals surface area (Å²) in [6, 6.07) is 74.9. The van der Waals surface area contributed by atoms with Crippen LogP contribution < -0.4 is 0 Å². The molecule has 0 aliphatic heterocycles. The predicted molar refractivity (Wildman–Crippen MR) is 257 cm³/mol. The highest BCUT2D eigenvalue weighted by Gasteiger charge is 2.36. The molecule has 0 saturated carbocycles. The molecule has 286 valence electrons. The van der Waals surface area contributed by atoms with Crippen LogP contribution in [0.1, 0.15) is 25.0 Å². The summed E-state index contributed by atoms with van der Waals surface area (Å²) in [5.74, 6) is 0.702. The van der Waals surface area contributed by atoms with E-state index >= 15 is 0 Å². The van der Waals surface area contributed by atoms with Crippen LogP contribution in [0.25, 0.3) is 110 Å². The van der Waals surface area contributed by atoms with E-state index in [4.69, 9.17) is 9.97 Å². The summed E-state index contributed by atoms with van der Waals surface area (Å²) in [4.78, 5) is 10.8. The highest BCUT2D eigenvalue weighted by Crippen LogP contribution is 2.53. The number of aromatic nitrogens is 2. The van der Waals surface area contributed by atoms with Crippen molar-refractivity contribution >= 4 is 43.1 Å². The fourth-order valence-corrected chi connectivity index (χ4v) is 10.2. The molecule has 1 aliphatic carbocycles. The zero-order chi connectivity index (χ0) is 40.7. The van der Waals surface area contributed by atoms with E-state index in [-0.39, 0.29) is 5.41 Å². The molecule has 12 rings (SSSR count). The Kier molecular flexibility index (Phi) is 7.92. The van der Waals surface area contributed by atoms with Gasteiger partial charge in [-0.05, 0) is 99.7 Å². The molecule has 11 aromatic rings. The Morgan fingerprint density at radius 2 is 0.885 bits per heavy atom. The summed E-state index contributed by atoms with van der Waals surface area (Å²) in [5.41, 5.74) is 15.0. The summed E-state index contributed by atoms with van der Waals surface area (Å²) in [6.07, 6.45) is 0. The van der Waals surface area contributed by atoms with Gasteiger partial charge in [0.2, 0.25) is 0 Å². The van der Waals surface area contributed by atoms with Crippen molar-refractivity contribution in [1.82, 2.24) is 9.97 Å². The van der Waals surface area contributed by atoms with Crippen molar-refractivity contribution in [2.24, 2.45) is 0 Å². The van der Waals surface area contributed by atoms with E-state index in [1.807, 2.05) is 6.07 Å². The molecule has 1 heterocycles. The lowest BCUT2D eigenvalue weighted by atomic mass is 9.81. The maximum atomic E-state index is 5.38. The van der Waals surface area contributed by atoms with Crippen molar-refractivity contribution in [3.8, 4) is 67.3 Å². The van der Waals surface area contributed by atoms with Gasteiger partial charge in [-0.1, -0.05) is 208 Å². The SMILES string of the molecule is CC1(C)c2ccccc2-c2c(-c3ccccc3-c3cc(-c4ccc(-c5c6ccccc6cc6c5ccc5ccccc56)c5ccccc45)nc(-c4ccccc4)n3)cccc21. The molecule has 0 amide bonds. The van der Waals surface area contributed by atoms with Crippen LogP contribution in [-0.4, -0.2) is 9.97 Å². The molecule has 0 N–H and O–H groups in total. The van der Waals surface area contributed by atoms with Gasteiger partial charge in [0, 0.05) is 22.1 Å². The molecule has 0 unspecified atom stereocenters. The van der Waals surface area contributed by atoms with E-state index in [9.17, 15) is 0 Å². The van der Waals surface area contributed by atoms with Crippen molar-refractivity contribution in [2.45, 2.75) is 19.3 Å². The van der Waals surface area contributed by atoms with Crippen molar-refractivity contribution in [3.63, 3.8) is 0 Å². The summed E-state index contributed by atoms with van der Waals surface area (Å²) >= 11 is 0. The average Bonchev–Trinajstić information content (AvgIpc) is 3.56. The molecule has 0 spiro atoms. The second-order valence-corrected chi connectivity index (χ2v) is 16.8. The molecule has 10 aromatic carbocycles. The quantitative estimate of drug-likeness (QED) is 0.128. The standard InChI is InChI=1S/C59H40N2/c1-59(2)52-29-15-14-27-50(52)57-47(28-16-30-53(57)59)44-25-12-13-26-45(44)54-36-55(61-58(60-54)38-18-4-3-5-19-38)46-33-34-48(43-24-11-10-23-42(43)46)56-41-22-9-7-20-39(41)35-51-40-21-8-6-17-37(40)31-32-49(51)56/h3-36H,1-2H3. The van der Waals surface area contributed by atoms with Gasteiger partial charge < -0.3 is 0 Å². The van der Waals surface area contributed by atoms with Crippen molar-refractivity contribution in [3.05, 3.63) is 217 Å². The predicted octanol–water partition coefficient (Wildman–Crippen LogP) is 15.7. The van der Waals surface area contributed by atoms with Gasteiger partial charge in [-0.25, -0.2) is 9.97 Å². The molecule has 0 radical (unpaired) electrons. The Balaban J connectivity index is 1.09. The van der Waals surface area contributed by atoms with Crippen LogP contribution in [0.15, 0.2) is 206 Å². The lowest BCUT2D eigenvalue weighted by Crippen LogP contribution is -2.14. The zero-order valence-corrected chi connectivity index (χ0v) is 34.0. The molecule has 61 heavy (non-hydrogen) atoms. The Hall–Kier alpha value is -7.68. The average molecular weight is 777 g/mol. The van der Waals surface area contributed by atoms with Crippen molar-refractivity contribution in [2.75, 3.05) is 0 Å².